The van der Waals surface area contributed by atoms with Crippen LogP contribution in [0.25, 0.3) is 178 Å². The molecule has 0 bridgehead atoms. The second-order valence-corrected chi connectivity index (χ2v) is 42.4. The summed E-state index contributed by atoms with van der Waals surface area (Å²) in [5.41, 5.74) is 36.5. The molecular weight excluding hydrogens is 1580 g/mol. The Morgan fingerprint density at radius 2 is 0.254 bits per heavy atom. The van der Waals surface area contributed by atoms with E-state index in [0.717, 1.165) is 127 Å². The minimum Gasteiger partial charge on any atom is -0.319 e. The highest BCUT2D eigenvalue weighted by molar-refractivity contribution is 7.71. The largest absolute Gasteiger partial charge is 0.319 e. The van der Waals surface area contributed by atoms with Crippen molar-refractivity contribution in [3.63, 3.8) is 0 Å². The maximum absolute atomic E-state index is 14.6. The van der Waals surface area contributed by atoms with Crippen molar-refractivity contribution in [1.29, 1.82) is 0 Å². The molecular formula is C120H97O3P3. The minimum atomic E-state index is -2.83. The number of hydrogen-bond donors (Lipinski definition) is 0. The molecule has 126 heavy (non-hydrogen) atoms. The highest BCUT2D eigenvalue weighted by Crippen LogP contribution is 2.59. The lowest BCUT2D eigenvalue weighted by Gasteiger charge is -2.29. The highest BCUT2D eigenvalue weighted by atomic mass is 31.2. The Kier molecular flexibility index (Phi) is 25.3. The molecule has 0 fully saturated rings. The monoisotopic (exact) mass is 1680 g/mol. The Morgan fingerprint density at radius 1 is 0.127 bits per heavy atom. The Morgan fingerprint density at radius 3 is 0.429 bits per heavy atom. The number of hydrogen-bond acceptors (Lipinski definition) is 3. The van der Waals surface area contributed by atoms with Crippen LogP contribution in [0.1, 0.15) is 0 Å². The fourth-order valence-corrected chi connectivity index (χ4v) is 21.0. The smallest absolute Gasteiger partial charge is 0.111 e. The molecule has 6 heteroatoms. The lowest BCUT2D eigenvalue weighted by molar-refractivity contribution is 0.587. The van der Waals surface area contributed by atoms with Gasteiger partial charge in [0.2, 0.25) is 0 Å². The van der Waals surface area contributed by atoms with Crippen molar-refractivity contribution in [1.82, 2.24) is 0 Å². The summed E-state index contributed by atoms with van der Waals surface area (Å²) in [6.45, 7) is 11.1. The summed E-state index contributed by atoms with van der Waals surface area (Å²) in [4.78, 5) is 0. The first-order chi connectivity index (χ1) is 61.5. The molecule has 0 heterocycles. The van der Waals surface area contributed by atoms with Crippen LogP contribution >= 0.6 is 21.4 Å². The Bertz CT molecular complexity index is 6870. The lowest BCUT2D eigenvalue weighted by Crippen LogP contribution is -2.16. The summed E-state index contributed by atoms with van der Waals surface area (Å²) < 4.78 is 40.6. The van der Waals surface area contributed by atoms with Crippen LogP contribution in [-0.4, -0.2) is 40.0 Å². The predicted molar refractivity (Wildman–Crippen MR) is 544 cm³/mol. The van der Waals surface area contributed by atoms with Crippen molar-refractivity contribution in [3.8, 4) is 178 Å². The Labute approximate surface area is 743 Å². The van der Waals surface area contributed by atoms with E-state index in [9.17, 15) is 13.7 Å². The van der Waals surface area contributed by atoms with E-state index in [-0.39, 0.29) is 0 Å². The zero-order valence-electron chi connectivity index (χ0n) is 71.7. The summed E-state index contributed by atoms with van der Waals surface area (Å²) in [7, 11) is -7.62. The molecule has 0 amide bonds. The van der Waals surface area contributed by atoms with Gasteiger partial charge in [0.15, 0.2) is 0 Å². The van der Waals surface area contributed by atoms with Gasteiger partial charge in [0.1, 0.15) is 21.4 Å². The van der Waals surface area contributed by atoms with Gasteiger partial charge in [-0.05, 0) is 213 Å². The zero-order valence-corrected chi connectivity index (χ0v) is 74.4. The van der Waals surface area contributed by atoms with Crippen LogP contribution in [-0.2, 0) is 13.7 Å². The van der Waals surface area contributed by atoms with E-state index < -0.39 is 21.4 Å². The van der Waals surface area contributed by atoms with Gasteiger partial charge in [-0.2, -0.15) is 0 Å². The molecule has 0 aliphatic rings. The molecule has 19 rings (SSSR count). The van der Waals surface area contributed by atoms with Crippen LogP contribution in [0.2, 0.25) is 0 Å². The normalized spacial score (nSPS) is 11.3. The summed E-state index contributed by atoms with van der Waals surface area (Å²) in [6.07, 6.45) is 0. The van der Waals surface area contributed by atoms with Gasteiger partial charge in [-0.1, -0.05) is 473 Å². The molecule has 0 spiro atoms. The van der Waals surface area contributed by atoms with Crippen molar-refractivity contribution in [2.75, 3.05) is 40.0 Å². The van der Waals surface area contributed by atoms with Crippen molar-refractivity contribution in [3.05, 3.63) is 479 Å². The average molecular weight is 1680 g/mol. The predicted octanol–water partition coefficient (Wildman–Crippen LogP) is 32.5. The van der Waals surface area contributed by atoms with E-state index in [0.29, 0.717) is 0 Å². The molecule has 19 aromatic carbocycles. The summed E-state index contributed by atoms with van der Waals surface area (Å²) in [5, 5.41) is 2.69. The standard InChI is InChI=1S/C44H35OP.2C38H31OP/c1-46(2,45)38-30-28-37(29-31-38)44-42(35-24-14-6-15-25-35)40(33-20-10-4-11-21-33)39(32-18-8-3-9-19-32)41(34-22-12-5-13-23-34)43(44)36-26-16-7-17-27-36;1-40(2,39)38-36(31-24-14-6-15-25-31)34(29-20-10-4-11-21-29)33(28-18-8-3-9-19-28)35(30-22-12-5-13-23-30)37(38)32-26-16-7-17-27-32;1-40(2,39)33-25-23-29(24-26-33)35-27-34(28-15-7-3-8-16-28)36(30-17-9-4-10-18-30)38(32-21-13-6-14-22-32)37(35)31-19-11-5-12-20-31/h3-31H,1-2H3;2*3-27H,1-2H3. The van der Waals surface area contributed by atoms with E-state index in [2.05, 4.69) is 455 Å². The molecule has 0 aliphatic heterocycles. The molecule has 0 N–H and O–H groups in total. The van der Waals surface area contributed by atoms with Crippen LogP contribution in [0.15, 0.2) is 479 Å². The molecule has 0 radical (unpaired) electrons. The minimum absolute atomic E-state index is 0.881. The molecule has 0 aromatic heterocycles. The number of benzene rings is 19. The van der Waals surface area contributed by atoms with Gasteiger partial charge in [0.25, 0.3) is 0 Å². The fourth-order valence-electron chi connectivity index (χ4n) is 17.7. The molecule has 610 valence electrons. The maximum Gasteiger partial charge on any atom is 0.111 e. The third-order valence-electron chi connectivity index (χ3n) is 23.3. The second kappa shape index (κ2) is 37.9. The molecule has 19 aromatic rings. The van der Waals surface area contributed by atoms with Crippen molar-refractivity contribution in [2.24, 2.45) is 0 Å². The van der Waals surface area contributed by atoms with Crippen LogP contribution in [0, 0.1) is 0 Å². The van der Waals surface area contributed by atoms with E-state index in [1.807, 2.05) is 64.3 Å². The third kappa shape index (κ3) is 18.1. The van der Waals surface area contributed by atoms with E-state index in [4.69, 9.17) is 0 Å². The van der Waals surface area contributed by atoms with Gasteiger partial charge in [-0.25, -0.2) is 0 Å². The first-order valence-corrected chi connectivity index (χ1v) is 50.7. The van der Waals surface area contributed by atoms with Crippen LogP contribution in [0.3, 0.4) is 0 Å². The molecule has 0 saturated carbocycles. The van der Waals surface area contributed by atoms with Crippen LogP contribution in [0.5, 0.6) is 0 Å². The van der Waals surface area contributed by atoms with Crippen molar-refractivity contribution < 1.29 is 13.7 Å². The molecule has 0 unspecified atom stereocenters. The van der Waals surface area contributed by atoms with Gasteiger partial charge in [-0.3, -0.25) is 0 Å². The Hall–Kier alpha value is -14.1. The lowest BCUT2D eigenvalue weighted by atomic mass is 9.74. The van der Waals surface area contributed by atoms with Crippen LogP contribution < -0.4 is 15.9 Å². The van der Waals surface area contributed by atoms with Gasteiger partial charge < -0.3 is 13.7 Å². The fraction of sp³-hybridized carbons (Fsp3) is 0.0500. The second-order valence-electron chi connectivity index (χ2n) is 32.8. The van der Waals surface area contributed by atoms with Crippen molar-refractivity contribution >= 4 is 37.3 Å². The average Bonchev–Trinajstić information content (AvgIpc) is 0.723. The quantitative estimate of drug-likeness (QED) is 0.0758. The summed E-state index contributed by atoms with van der Waals surface area (Å²) in [5.74, 6) is 0. The van der Waals surface area contributed by atoms with Gasteiger partial charge in [-0.15, -0.1) is 0 Å². The third-order valence-corrected chi connectivity index (χ3v) is 27.9. The van der Waals surface area contributed by atoms with Crippen molar-refractivity contribution in [2.45, 2.75) is 0 Å². The topological polar surface area (TPSA) is 51.2 Å². The molecule has 3 nitrogen and oxygen atoms in total. The molecule has 0 atom stereocenters. The Balaban J connectivity index is 0.000000134. The molecule has 0 aliphatic carbocycles. The first kappa shape index (κ1) is 84.1. The van der Waals surface area contributed by atoms with E-state index >= 15 is 0 Å². The highest BCUT2D eigenvalue weighted by Gasteiger charge is 2.35. The first-order valence-electron chi connectivity index (χ1n) is 42.9. The van der Waals surface area contributed by atoms with Gasteiger partial charge in [0.05, 0.1) is 0 Å². The van der Waals surface area contributed by atoms with Crippen LogP contribution in [0.4, 0.5) is 0 Å². The van der Waals surface area contributed by atoms with Gasteiger partial charge in [0, 0.05) is 27.0 Å². The van der Waals surface area contributed by atoms with Gasteiger partial charge >= 0.3 is 0 Å². The zero-order chi connectivity index (χ0) is 86.6. The summed E-state index contributed by atoms with van der Waals surface area (Å²) in [6, 6.07) is 168. The van der Waals surface area contributed by atoms with E-state index in [1.165, 1.54) is 66.8 Å². The SMILES string of the molecule is CP(C)(=O)c1c(-c2ccccc2)c(-c2ccccc2)c(-c2ccccc2)c(-c2ccccc2)c1-c1ccccc1.CP(C)(=O)c1ccc(-c2c(-c3ccccc3)c(-c3ccccc3)c(-c3ccccc3)c(-c3ccccc3)c2-c2ccccc2)cc1.CP(C)(=O)c1ccc(-c2cc(-c3ccccc3)c(-c3ccccc3)c(-c3ccccc3)c2-c2ccccc2)cc1. The van der Waals surface area contributed by atoms with E-state index in [1.54, 1.807) is 0 Å². The maximum atomic E-state index is 14.6. The molecule has 0 saturated heterocycles. The number of rotatable bonds is 19. The summed E-state index contributed by atoms with van der Waals surface area (Å²) >= 11 is 0.